The molecule has 20 heavy (non-hydrogen) atoms. The number of ketones is 1. The van der Waals surface area contributed by atoms with E-state index in [-0.39, 0.29) is 18.1 Å². The molecule has 0 aromatic heterocycles. The molecular weight excluding hydrogens is 252 g/mol. The van der Waals surface area contributed by atoms with Crippen LogP contribution in [0.25, 0.3) is 0 Å². The van der Waals surface area contributed by atoms with Crippen LogP contribution in [0.5, 0.6) is 0 Å². The summed E-state index contributed by atoms with van der Waals surface area (Å²) in [5.41, 5.74) is 1.29. The zero-order valence-electron chi connectivity index (χ0n) is 12.2. The minimum Gasteiger partial charge on any atom is -0.339 e. The molecular formula is C16H22N2O2. The normalized spacial score (nSPS) is 19.9. The van der Waals surface area contributed by atoms with Gasteiger partial charge in [-0.3, -0.25) is 14.5 Å². The lowest BCUT2D eigenvalue weighted by Gasteiger charge is -2.39. The summed E-state index contributed by atoms with van der Waals surface area (Å²) in [6.45, 7) is 6.79. The third kappa shape index (κ3) is 3.90. The van der Waals surface area contributed by atoms with Crippen molar-refractivity contribution in [3.63, 3.8) is 0 Å². The standard InChI is InChI=1S/C16H22N2O2/c1-13-11-18(16(20)10-14(2)19)9-8-17(13)12-15-6-4-3-5-7-15/h3-7,13H,8-12H2,1-2H3. The number of carbonyl (C=O) groups excluding carboxylic acids is 2. The summed E-state index contributed by atoms with van der Waals surface area (Å²) in [5, 5.41) is 0. The van der Waals surface area contributed by atoms with Crippen molar-refractivity contribution >= 4 is 11.7 Å². The van der Waals surface area contributed by atoms with Crippen molar-refractivity contribution < 1.29 is 9.59 Å². The number of amides is 1. The molecule has 1 atom stereocenters. The second kappa shape index (κ2) is 6.66. The molecule has 1 aromatic rings. The molecule has 108 valence electrons. The molecule has 4 nitrogen and oxygen atoms in total. The van der Waals surface area contributed by atoms with Crippen LogP contribution in [0.1, 0.15) is 25.8 Å². The van der Waals surface area contributed by atoms with Gasteiger partial charge in [-0.1, -0.05) is 30.3 Å². The molecule has 0 aliphatic carbocycles. The van der Waals surface area contributed by atoms with Crippen molar-refractivity contribution in [1.29, 1.82) is 0 Å². The van der Waals surface area contributed by atoms with Gasteiger partial charge >= 0.3 is 0 Å². The van der Waals surface area contributed by atoms with Crippen LogP contribution in [-0.2, 0) is 16.1 Å². The minimum absolute atomic E-state index is 0.0331. The fourth-order valence-corrected chi connectivity index (χ4v) is 2.60. The van der Waals surface area contributed by atoms with E-state index in [9.17, 15) is 9.59 Å². The van der Waals surface area contributed by atoms with Gasteiger partial charge in [-0.2, -0.15) is 0 Å². The van der Waals surface area contributed by atoms with Gasteiger partial charge in [0.1, 0.15) is 5.78 Å². The third-order valence-corrected chi connectivity index (χ3v) is 3.75. The second-order valence-corrected chi connectivity index (χ2v) is 5.52. The van der Waals surface area contributed by atoms with E-state index in [1.54, 1.807) is 0 Å². The molecule has 0 N–H and O–H groups in total. The molecule has 0 radical (unpaired) electrons. The first-order valence-corrected chi connectivity index (χ1v) is 7.11. The first kappa shape index (κ1) is 14.7. The maximum atomic E-state index is 11.9. The summed E-state index contributed by atoms with van der Waals surface area (Å²) in [6, 6.07) is 10.7. The molecule has 2 rings (SSSR count). The van der Waals surface area contributed by atoms with Crippen molar-refractivity contribution in [3.8, 4) is 0 Å². The number of hydrogen-bond donors (Lipinski definition) is 0. The number of rotatable bonds is 4. The molecule has 1 fully saturated rings. The van der Waals surface area contributed by atoms with Crippen LogP contribution in [-0.4, -0.2) is 47.2 Å². The fraction of sp³-hybridized carbons (Fsp3) is 0.500. The van der Waals surface area contributed by atoms with Crippen molar-refractivity contribution in [1.82, 2.24) is 9.80 Å². The molecule has 0 saturated carbocycles. The highest BCUT2D eigenvalue weighted by Gasteiger charge is 2.26. The van der Waals surface area contributed by atoms with Gasteiger partial charge in [-0.15, -0.1) is 0 Å². The number of benzene rings is 1. The molecule has 1 heterocycles. The lowest BCUT2D eigenvalue weighted by atomic mass is 10.1. The molecule has 0 bridgehead atoms. The van der Waals surface area contributed by atoms with E-state index in [4.69, 9.17) is 0 Å². The minimum atomic E-state index is -0.0608. The Kier molecular flexibility index (Phi) is 4.90. The Balaban J connectivity index is 1.89. The highest BCUT2D eigenvalue weighted by molar-refractivity contribution is 5.96. The first-order valence-electron chi connectivity index (χ1n) is 7.11. The maximum Gasteiger partial charge on any atom is 0.230 e. The lowest BCUT2D eigenvalue weighted by Crippen LogP contribution is -2.53. The predicted octanol–water partition coefficient (Wildman–Crippen LogP) is 1.70. The summed E-state index contributed by atoms with van der Waals surface area (Å²) < 4.78 is 0. The van der Waals surface area contributed by atoms with Gasteiger partial charge in [-0.05, 0) is 19.4 Å². The molecule has 4 heteroatoms. The Morgan fingerprint density at radius 2 is 1.90 bits per heavy atom. The topological polar surface area (TPSA) is 40.6 Å². The monoisotopic (exact) mass is 274 g/mol. The van der Waals surface area contributed by atoms with E-state index in [0.29, 0.717) is 19.1 Å². The number of Topliss-reactive ketones (excluding diaryl/α,β-unsaturated/α-hetero) is 1. The SMILES string of the molecule is CC(=O)CC(=O)N1CCN(Cc2ccccc2)C(C)C1. The quantitative estimate of drug-likeness (QED) is 0.785. The molecule has 1 aliphatic rings. The van der Waals surface area contributed by atoms with Crippen molar-refractivity contribution in [2.75, 3.05) is 19.6 Å². The molecule has 1 amide bonds. The first-order chi connectivity index (χ1) is 9.56. The summed E-state index contributed by atoms with van der Waals surface area (Å²) >= 11 is 0. The van der Waals surface area contributed by atoms with Crippen molar-refractivity contribution in [3.05, 3.63) is 35.9 Å². The van der Waals surface area contributed by atoms with Crippen LogP contribution < -0.4 is 0 Å². The Bertz CT molecular complexity index is 473. The van der Waals surface area contributed by atoms with Gasteiger partial charge in [-0.25, -0.2) is 0 Å². The van der Waals surface area contributed by atoms with Crippen LogP contribution >= 0.6 is 0 Å². The van der Waals surface area contributed by atoms with Crippen LogP contribution in [0, 0.1) is 0 Å². The van der Waals surface area contributed by atoms with E-state index < -0.39 is 0 Å². The zero-order valence-corrected chi connectivity index (χ0v) is 12.2. The smallest absolute Gasteiger partial charge is 0.230 e. The van der Waals surface area contributed by atoms with Gasteiger partial charge in [0.25, 0.3) is 0 Å². The molecule has 0 spiro atoms. The number of nitrogens with zero attached hydrogens (tertiary/aromatic N) is 2. The summed E-state index contributed by atoms with van der Waals surface area (Å²) in [5.74, 6) is -0.0990. The van der Waals surface area contributed by atoms with E-state index in [1.165, 1.54) is 12.5 Å². The van der Waals surface area contributed by atoms with Crippen LogP contribution in [0.4, 0.5) is 0 Å². The van der Waals surface area contributed by atoms with Crippen molar-refractivity contribution in [2.24, 2.45) is 0 Å². The van der Waals surface area contributed by atoms with Crippen molar-refractivity contribution in [2.45, 2.75) is 32.9 Å². The second-order valence-electron chi connectivity index (χ2n) is 5.52. The van der Waals surface area contributed by atoms with Gasteiger partial charge in [0, 0.05) is 32.2 Å². The number of carbonyl (C=O) groups is 2. The molecule has 1 unspecified atom stereocenters. The number of hydrogen-bond acceptors (Lipinski definition) is 3. The van der Waals surface area contributed by atoms with E-state index >= 15 is 0 Å². The largest absolute Gasteiger partial charge is 0.339 e. The molecule has 1 aliphatic heterocycles. The third-order valence-electron chi connectivity index (χ3n) is 3.75. The van der Waals surface area contributed by atoms with Gasteiger partial charge < -0.3 is 4.90 Å². The Morgan fingerprint density at radius 1 is 1.20 bits per heavy atom. The Hall–Kier alpha value is -1.68. The maximum absolute atomic E-state index is 11.9. The average molecular weight is 274 g/mol. The van der Waals surface area contributed by atoms with Gasteiger partial charge in [0.15, 0.2) is 0 Å². The molecule has 1 aromatic carbocycles. The molecule has 1 saturated heterocycles. The summed E-state index contributed by atoms with van der Waals surface area (Å²) in [4.78, 5) is 27.1. The summed E-state index contributed by atoms with van der Waals surface area (Å²) in [7, 11) is 0. The van der Waals surface area contributed by atoms with E-state index in [1.807, 2.05) is 23.1 Å². The van der Waals surface area contributed by atoms with Gasteiger partial charge in [0.05, 0.1) is 6.42 Å². The Labute approximate surface area is 120 Å². The zero-order chi connectivity index (χ0) is 14.5. The lowest BCUT2D eigenvalue weighted by molar-refractivity contribution is -0.137. The average Bonchev–Trinajstić information content (AvgIpc) is 2.41. The van der Waals surface area contributed by atoms with Crippen LogP contribution in [0.15, 0.2) is 30.3 Å². The fourth-order valence-electron chi connectivity index (χ4n) is 2.60. The van der Waals surface area contributed by atoms with E-state index in [0.717, 1.165) is 13.1 Å². The highest BCUT2D eigenvalue weighted by Crippen LogP contribution is 2.14. The summed E-state index contributed by atoms with van der Waals surface area (Å²) in [6.07, 6.45) is 0.0331. The van der Waals surface area contributed by atoms with Crippen LogP contribution in [0.3, 0.4) is 0 Å². The highest BCUT2D eigenvalue weighted by atomic mass is 16.2. The van der Waals surface area contributed by atoms with E-state index in [2.05, 4.69) is 24.0 Å². The van der Waals surface area contributed by atoms with Gasteiger partial charge in [0.2, 0.25) is 5.91 Å². The Morgan fingerprint density at radius 3 is 2.50 bits per heavy atom. The van der Waals surface area contributed by atoms with Crippen LogP contribution in [0.2, 0.25) is 0 Å². The predicted molar refractivity (Wildman–Crippen MR) is 78.2 cm³/mol. The number of piperazine rings is 1.